The van der Waals surface area contributed by atoms with Crippen molar-refractivity contribution in [2.75, 3.05) is 11.9 Å². The molecular formula is C16H20N2O4. The van der Waals surface area contributed by atoms with E-state index in [1.807, 2.05) is 32.9 Å². The minimum Gasteiger partial charge on any atom is -0.455 e. The number of hydrogen-bond donors (Lipinski definition) is 2. The summed E-state index contributed by atoms with van der Waals surface area (Å²) in [6, 6.07) is 4.91. The summed E-state index contributed by atoms with van der Waals surface area (Å²) >= 11 is 0. The van der Waals surface area contributed by atoms with E-state index < -0.39 is 18.5 Å². The Morgan fingerprint density at radius 3 is 2.55 bits per heavy atom. The van der Waals surface area contributed by atoms with Gasteiger partial charge in [0.15, 0.2) is 6.61 Å². The number of anilines is 1. The molecule has 1 aliphatic carbocycles. The molecule has 0 aromatic heterocycles. The van der Waals surface area contributed by atoms with Crippen molar-refractivity contribution in [2.24, 2.45) is 11.8 Å². The van der Waals surface area contributed by atoms with Crippen LogP contribution in [-0.2, 0) is 14.3 Å². The maximum Gasteiger partial charge on any atom is 0.325 e. The van der Waals surface area contributed by atoms with Gasteiger partial charge in [-0.2, -0.15) is 0 Å². The van der Waals surface area contributed by atoms with Gasteiger partial charge >= 0.3 is 12.0 Å². The van der Waals surface area contributed by atoms with Crippen LogP contribution in [0.4, 0.5) is 10.5 Å². The van der Waals surface area contributed by atoms with Gasteiger partial charge in [0.2, 0.25) is 0 Å². The molecule has 0 saturated heterocycles. The standard InChI is InChI=1S/C16H20N2O4/c1-9-4-5-13(11(3)6-9)17-16(21)18-14(19)8-22-15(20)12-7-10(12)2/h4-6,10,12H,7-8H2,1-3H3,(H2,17,18,19,21)/t10-,12-/m1/s1. The Hall–Kier alpha value is -2.37. The van der Waals surface area contributed by atoms with Gasteiger partial charge in [-0.25, -0.2) is 4.79 Å². The van der Waals surface area contributed by atoms with Gasteiger partial charge in [-0.3, -0.25) is 14.9 Å². The van der Waals surface area contributed by atoms with Crippen LogP contribution in [0.25, 0.3) is 0 Å². The Balaban J connectivity index is 1.76. The highest BCUT2D eigenvalue weighted by atomic mass is 16.5. The van der Waals surface area contributed by atoms with E-state index in [-0.39, 0.29) is 11.9 Å². The highest BCUT2D eigenvalue weighted by molar-refractivity contribution is 6.02. The Morgan fingerprint density at radius 2 is 1.95 bits per heavy atom. The Labute approximate surface area is 129 Å². The molecule has 0 heterocycles. The summed E-state index contributed by atoms with van der Waals surface area (Å²) < 4.78 is 4.86. The summed E-state index contributed by atoms with van der Waals surface area (Å²) in [4.78, 5) is 34.8. The molecule has 118 valence electrons. The Bertz CT molecular complexity index is 612. The second-order valence-corrected chi connectivity index (χ2v) is 5.75. The minimum absolute atomic E-state index is 0.100. The van der Waals surface area contributed by atoms with Crippen molar-refractivity contribution in [2.45, 2.75) is 27.2 Å². The third kappa shape index (κ3) is 4.31. The number of nitrogens with one attached hydrogen (secondary N) is 2. The SMILES string of the molecule is Cc1ccc(NC(=O)NC(=O)COC(=O)[C@@H]2C[C@H]2C)c(C)c1. The van der Waals surface area contributed by atoms with Crippen LogP contribution in [-0.4, -0.2) is 24.5 Å². The van der Waals surface area contributed by atoms with E-state index in [1.165, 1.54) is 0 Å². The number of imide groups is 1. The summed E-state index contributed by atoms with van der Waals surface area (Å²) in [5.41, 5.74) is 2.61. The highest BCUT2D eigenvalue weighted by Gasteiger charge is 2.40. The molecule has 1 aromatic carbocycles. The summed E-state index contributed by atoms with van der Waals surface area (Å²) in [6.45, 7) is 5.32. The fraction of sp³-hybridized carbons (Fsp3) is 0.438. The number of hydrogen-bond acceptors (Lipinski definition) is 4. The van der Waals surface area contributed by atoms with Gasteiger partial charge in [0.1, 0.15) is 0 Å². The van der Waals surface area contributed by atoms with Gasteiger partial charge < -0.3 is 10.1 Å². The molecule has 2 N–H and O–H groups in total. The maximum atomic E-state index is 11.7. The largest absolute Gasteiger partial charge is 0.455 e. The van der Waals surface area contributed by atoms with Crippen LogP contribution in [0.2, 0.25) is 0 Å². The number of carbonyl (C=O) groups excluding carboxylic acids is 3. The zero-order chi connectivity index (χ0) is 16.3. The van der Waals surface area contributed by atoms with Gasteiger partial charge in [-0.1, -0.05) is 24.6 Å². The fourth-order valence-corrected chi connectivity index (χ4v) is 2.16. The van der Waals surface area contributed by atoms with Crippen LogP contribution in [0.3, 0.4) is 0 Å². The number of urea groups is 1. The van der Waals surface area contributed by atoms with Crippen LogP contribution in [0.1, 0.15) is 24.5 Å². The molecule has 2 atom stereocenters. The predicted octanol–water partition coefficient (Wildman–Crippen LogP) is 2.15. The Kier molecular flexibility index (Phi) is 4.80. The molecule has 0 spiro atoms. The lowest BCUT2D eigenvalue weighted by molar-refractivity contribution is -0.149. The third-order valence-electron chi connectivity index (χ3n) is 3.64. The number of aryl methyl sites for hydroxylation is 2. The first kappa shape index (κ1) is 16.0. The lowest BCUT2D eigenvalue weighted by Crippen LogP contribution is -2.37. The van der Waals surface area contributed by atoms with Gasteiger partial charge in [0.25, 0.3) is 5.91 Å². The van der Waals surface area contributed by atoms with Crippen molar-refractivity contribution in [3.8, 4) is 0 Å². The molecule has 1 aromatic rings. The number of rotatable bonds is 4. The molecule has 6 nitrogen and oxygen atoms in total. The van der Waals surface area contributed by atoms with Crippen molar-refractivity contribution in [3.63, 3.8) is 0 Å². The first-order chi connectivity index (χ1) is 10.4. The van der Waals surface area contributed by atoms with E-state index in [9.17, 15) is 14.4 Å². The lowest BCUT2D eigenvalue weighted by Gasteiger charge is -2.10. The van der Waals surface area contributed by atoms with Crippen molar-refractivity contribution >= 4 is 23.6 Å². The number of esters is 1. The van der Waals surface area contributed by atoms with Crippen molar-refractivity contribution in [1.29, 1.82) is 0 Å². The van der Waals surface area contributed by atoms with Crippen molar-refractivity contribution in [3.05, 3.63) is 29.3 Å². The van der Waals surface area contributed by atoms with Crippen LogP contribution >= 0.6 is 0 Å². The zero-order valence-corrected chi connectivity index (χ0v) is 12.9. The van der Waals surface area contributed by atoms with E-state index >= 15 is 0 Å². The molecule has 6 heteroatoms. The first-order valence-corrected chi connectivity index (χ1v) is 7.21. The summed E-state index contributed by atoms with van der Waals surface area (Å²) in [7, 11) is 0. The van der Waals surface area contributed by atoms with E-state index in [2.05, 4.69) is 10.6 Å². The monoisotopic (exact) mass is 304 g/mol. The predicted molar refractivity (Wildman–Crippen MR) is 81.3 cm³/mol. The molecule has 1 aliphatic rings. The second kappa shape index (κ2) is 6.60. The number of carbonyl (C=O) groups is 3. The van der Waals surface area contributed by atoms with Crippen LogP contribution in [0.5, 0.6) is 0 Å². The average Bonchev–Trinajstić information content (AvgIpc) is 3.16. The lowest BCUT2D eigenvalue weighted by atomic mass is 10.1. The number of ether oxygens (including phenoxy) is 1. The second-order valence-electron chi connectivity index (χ2n) is 5.75. The van der Waals surface area contributed by atoms with Crippen LogP contribution in [0, 0.1) is 25.7 Å². The van der Waals surface area contributed by atoms with E-state index in [1.54, 1.807) is 6.07 Å². The molecule has 0 aliphatic heterocycles. The molecule has 0 bridgehead atoms. The van der Waals surface area contributed by atoms with Gasteiger partial charge in [0.05, 0.1) is 5.92 Å². The van der Waals surface area contributed by atoms with Crippen LogP contribution in [0.15, 0.2) is 18.2 Å². The third-order valence-corrected chi connectivity index (χ3v) is 3.64. The molecule has 2 rings (SSSR count). The quantitative estimate of drug-likeness (QED) is 0.835. The molecule has 1 fully saturated rings. The van der Waals surface area contributed by atoms with E-state index in [0.29, 0.717) is 11.6 Å². The van der Waals surface area contributed by atoms with Crippen molar-refractivity contribution < 1.29 is 19.1 Å². The number of benzene rings is 1. The summed E-state index contributed by atoms with van der Waals surface area (Å²) in [6.07, 6.45) is 0.799. The molecule has 0 radical (unpaired) electrons. The van der Waals surface area contributed by atoms with Gasteiger partial charge in [-0.05, 0) is 37.8 Å². The zero-order valence-electron chi connectivity index (χ0n) is 12.9. The maximum absolute atomic E-state index is 11.7. The Morgan fingerprint density at radius 1 is 1.27 bits per heavy atom. The van der Waals surface area contributed by atoms with E-state index in [0.717, 1.165) is 17.5 Å². The summed E-state index contributed by atoms with van der Waals surface area (Å²) in [5, 5.41) is 4.72. The average molecular weight is 304 g/mol. The van der Waals surface area contributed by atoms with Crippen molar-refractivity contribution in [1.82, 2.24) is 5.32 Å². The molecule has 0 unspecified atom stereocenters. The summed E-state index contributed by atoms with van der Waals surface area (Å²) in [5.74, 6) is -0.804. The molecule has 22 heavy (non-hydrogen) atoms. The van der Waals surface area contributed by atoms with Gasteiger partial charge in [0, 0.05) is 5.69 Å². The van der Waals surface area contributed by atoms with Gasteiger partial charge in [-0.15, -0.1) is 0 Å². The highest BCUT2D eigenvalue weighted by Crippen LogP contribution is 2.38. The molecule has 1 saturated carbocycles. The van der Waals surface area contributed by atoms with Crippen LogP contribution < -0.4 is 10.6 Å². The fourth-order valence-electron chi connectivity index (χ4n) is 2.16. The first-order valence-electron chi connectivity index (χ1n) is 7.21. The molecular weight excluding hydrogens is 284 g/mol. The molecule has 3 amide bonds. The minimum atomic E-state index is -0.649. The smallest absolute Gasteiger partial charge is 0.325 e. The van der Waals surface area contributed by atoms with E-state index in [4.69, 9.17) is 4.74 Å². The number of amides is 3. The topological polar surface area (TPSA) is 84.5 Å². The normalized spacial score (nSPS) is 19.2.